The third kappa shape index (κ3) is 8.51. The molecule has 0 aliphatic rings. The Labute approximate surface area is 294 Å². The molecule has 0 amide bonds. The lowest BCUT2D eigenvalue weighted by atomic mass is 9.80. The SMILES string of the molecule is COc1ccc(C(OCCS(=O)(=O)CCOP(=O)(O)On2nnc3c([N+](=O)[O-])cc(C(F)(F)F)cc32)(c2ccccc2)c2ccc(OC)cc2)cc1. The molecule has 1 N–H and O–H groups in total. The Bertz CT molecular complexity index is 2140. The number of nitro groups is 1. The molecule has 0 saturated heterocycles. The van der Waals surface area contributed by atoms with Crippen LogP contribution in [0.4, 0.5) is 18.9 Å². The van der Waals surface area contributed by atoms with Crippen molar-refractivity contribution in [2.45, 2.75) is 11.8 Å². The van der Waals surface area contributed by atoms with E-state index in [0.29, 0.717) is 34.3 Å². The largest absolute Gasteiger partial charge is 0.547 e. The van der Waals surface area contributed by atoms with Gasteiger partial charge in [-0.1, -0.05) is 59.4 Å². The average Bonchev–Trinajstić information content (AvgIpc) is 3.51. The normalized spacial score (nSPS) is 13.4. The maximum Gasteiger partial charge on any atom is 0.547 e. The number of phosphoric ester groups is 1. The lowest BCUT2D eigenvalue weighted by Gasteiger charge is -2.36. The van der Waals surface area contributed by atoms with E-state index in [-0.39, 0.29) is 17.5 Å². The Morgan fingerprint density at radius 3 is 1.90 bits per heavy atom. The maximum atomic E-state index is 13.4. The Hall–Kier alpha value is -5.07. The van der Waals surface area contributed by atoms with Crippen LogP contribution < -0.4 is 14.1 Å². The molecule has 0 aliphatic heterocycles. The number of ether oxygens (including phenoxy) is 3. The minimum atomic E-state index is -5.26. The summed E-state index contributed by atoms with van der Waals surface area (Å²) in [5.41, 5.74) is -3.33. The molecule has 1 unspecified atom stereocenters. The van der Waals surface area contributed by atoms with Gasteiger partial charge in [0.1, 0.15) is 22.6 Å². The third-order valence-electron chi connectivity index (χ3n) is 7.74. The minimum Gasteiger partial charge on any atom is -0.497 e. The summed E-state index contributed by atoms with van der Waals surface area (Å²) in [6.07, 6.45) is -5.03. The van der Waals surface area contributed by atoms with E-state index in [0.717, 1.165) is 0 Å². The summed E-state index contributed by atoms with van der Waals surface area (Å²) in [5, 5.41) is 18.0. The number of alkyl halides is 3. The van der Waals surface area contributed by atoms with Crippen molar-refractivity contribution < 1.29 is 59.3 Å². The number of benzene rings is 4. The first-order valence-corrected chi connectivity index (χ1v) is 18.4. The summed E-state index contributed by atoms with van der Waals surface area (Å²) >= 11 is 0. The molecular weight excluding hydrogens is 736 g/mol. The fourth-order valence-electron chi connectivity index (χ4n) is 5.25. The van der Waals surface area contributed by atoms with Crippen LogP contribution in [0.1, 0.15) is 22.3 Å². The Balaban J connectivity index is 1.32. The molecule has 4 aromatic carbocycles. The summed E-state index contributed by atoms with van der Waals surface area (Å²) in [5.74, 6) is -0.198. The number of rotatable bonds is 16. The smallest absolute Gasteiger partial charge is 0.497 e. The number of phosphoric acid groups is 1. The van der Waals surface area contributed by atoms with Gasteiger partial charge in [0.05, 0.1) is 49.4 Å². The maximum absolute atomic E-state index is 13.4. The van der Waals surface area contributed by atoms with Crippen molar-refractivity contribution in [1.29, 1.82) is 0 Å². The number of hydrogen-bond donors (Lipinski definition) is 1. The van der Waals surface area contributed by atoms with Crippen molar-refractivity contribution in [1.82, 2.24) is 15.2 Å². The molecule has 0 fully saturated rings. The van der Waals surface area contributed by atoms with E-state index in [1.54, 1.807) is 48.5 Å². The van der Waals surface area contributed by atoms with Crippen LogP contribution in [0.25, 0.3) is 11.0 Å². The summed E-state index contributed by atoms with van der Waals surface area (Å²) in [7, 11) is -6.26. The van der Waals surface area contributed by atoms with Gasteiger partial charge in [-0.05, 0) is 52.2 Å². The molecular formula is C32H30F3N4O11PS. The van der Waals surface area contributed by atoms with Crippen LogP contribution in [0.2, 0.25) is 0 Å². The fourth-order valence-corrected chi connectivity index (χ4v) is 6.94. The van der Waals surface area contributed by atoms with Crippen molar-refractivity contribution in [3.05, 3.63) is 123 Å². The van der Waals surface area contributed by atoms with E-state index in [2.05, 4.69) is 14.9 Å². The lowest BCUT2D eigenvalue weighted by Crippen LogP contribution is -2.35. The Morgan fingerprint density at radius 1 is 0.846 bits per heavy atom. The van der Waals surface area contributed by atoms with E-state index in [9.17, 15) is 41.2 Å². The zero-order chi connectivity index (χ0) is 37.7. The van der Waals surface area contributed by atoms with Gasteiger partial charge in [0.25, 0.3) is 5.69 Å². The first-order chi connectivity index (χ1) is 24.6. The molecule has 52 heavy (non-hydrogen) atoms. The highest BCUT2D eigenvalue weighted by Gasteiger charge is 2.39. The van der Waals surface area contributed by atoms with Crippen LogP contribution in [0.5, 0.6) is 11.5 Å². The molecule has 0 bridgehead atoms. The highest BCUT2D eigenvalue weighted by atomic mass is 32.2. The van der Waals surface area contributed by atoms with E-state index < -0.39 is 74.8 Å². The number of nitrogens with zero attached hydrogens (tertiary/aromatic N) is 4. The zero-order valence-electron chi connectivity index (χ0n) is 27.3. The molecule has 0 saturated carbocycles. The standard InChI is InChI=1S/C32H30F3N4O11PS/c1-46-26-12-8-23(9-13-26)31(22-6-4-3-5-7-22,24-10-14-27(47-2)15-11-24)48-16-18-52(44,45)19-17-49-51(42,43)50-38-28-20-25(32(33,34)35)21-29(39(40)41)30(28)36-37-38/h3-15,20-21H,16-19H2,1-2H3,(H,42,43). The average molecular weight is 767 g/mol. The van der Waals surface area contributed by atoms with Crippen molar-refractivity contribution in [3.8, 4) is 11.5 Å². The quantitative estimate of drug-likeness (QED) is 0.0586. The van der Waals surface area contributed by atoms with E-state index in [4.69, 9.17) is 18.7 Å². The van der Waals surface area contributed by atoms with Crippen LogP contribution in [0.15, 0.2) is 91.0 Å². The number of hydrogen-bond acceptors (Lipinski definition) is 12. The van der Waals surface area contributed by atoms with Gasteiger partial charge < -0.3 is 14.2 Å². The molecule has 0 spiro atoms. The first kappa shape index (κ1) is 38.2. The first-order valence-electron chi connectivity index (χ1n) is 15.1. The number of methoxy groups -OCH3 is 2. The van der Waals surface area contributed by atoms with Crippen LogP contribution >= 0.6 is 7.82 Å². The Kier molecular flexibility index (Phi) is 11.2. The number of aromatic nitrogens is 3. The fraction of sp³-hybridized carbons (Fsp3) is 0.250. The molecule has 1 atom stereocenters. The van der Waals surface area contributed by atoms with E-state index >= 15 is 0 Å². The summed E-state index contributed by atoms with van der Waals surface area (Å²) in [4.78, 5) is 20.5. The van der Waals surface area contributed by atoms with E-state index in [1.807, 2.05) is 30.3 Å². The molecule has 0 aliphatic carbocycles. The monoisotopic (exact) mass is 766 g/mol. The molecule has 5 aromatic rings. The highest BCUT2D eigenvalue weighted by Crippen LogP contribution is 2.43. The molecule has 15 nitrogen and oxygen atoms in total. The number of non-ortho nitro benzene ring substituents is 1. The summed E-state index contributed by atoms with van der Waals surface area (Å²) < 4.78 is 106. The second-order valence-electron chi connectivity index (χ2n) is 11.0. The van der Waals surface area contributed by atoms with Gasteiger partial charge in [-0.3, -0.25) is 24.2 Å². The van der Waals surface area contributed by atoms with Crippen LogP contribution in [0.3, 0.4) is 0 Å². The van der Waals surface area contributed by atoms with Crippen molar-refractivity contribution in [3.63, 3.8) is 0 Å². The molecule has 0 radical (unpaired) electrons. The summed E-state index contributed by atoms with van der Waals surface area (Å²) in [6, 6.07) is 23.8. The van der Waals surface area contributed by atoms with Crippen molar-refractivity contribution in [2.24, 2.45) is 0 Å². The number of halogens is 3. The number of sulfone groups is 1. The molecule has 1 heterocycles. The number of fused-ring (bicyclic) bond motifs is 1. The molecule has 276 valence electrons. The van der Waals surface area contributed by atoms with Gasteiger partial charge in [0, 0.05) is 6.07 Å². The minimum absolute atomic E-state index is 0.0577. The number of nitro benzene ring substituents is 1. The van der Waals surface area contributed by atoms with Gasteiger partial charge in [0.15, 0.2) is 15.4 Å². The second-order valence-corrected chi connectivity index (χ2v) is 14.6. The van der Waals surface area contributed by atoms with Gasteiger partial charge >= 0.3 is 14.0 Å². The highest BCUT2D eigenvalue weighted by molar-refractivity contribution is 7.91. The van der Waals surface area contributed by atoms with Gasteiger partial charge in [-0.2, -0.15) is 13.2 Å². The molecule has 1 aromatic heterocycles. The van der Waals surface area contributed by atoms with Crippen LogP contribution in [-0.2, 0) is 35.4 Å². The van der Waals surface area contributed by atoms with Gasteiger partial charge in [0.2, 0.25) is 0 Å². The zero-order valence-corrected chi connectivity index (χ0v) is 29.0. The topological polar surface area (TPSA) is 191 Å². The lowest BCUT2D eigenvalue weighted by molar-refractivity contribution is -0.383. The Morgan fingerprint density at radius 2 is 1.38 bits per heavy atom. The molecule has 5 rings (SSSR count). The predicted octanol–water partition coefficient (Wildman–Crippen LogP) is 5.34. The predicted molar refractivity (Wildman–Crippen MR) is 178 cm³/mol. The molecule has 20 heteroatoms. The van der Waals surface area contributed by atoms with Crippen LogP contribution in [-0.4, -0.2) is 72.3 Å². The van der Waals surface area contributed by atoms with E-state index in [1.165, 1.54) is 14.2 Å². The van der Waals surface area contributed by atoms with Gasteiger partial charge in [-0.15, -0.1) is 5.10 Å². The second kappa shape index (κ2) is 15.3. The van der Waals surface area contributed by atoms with Crippen LogP contribution in [0, 0.1) is 10.1 Å². The summed E-state index contributed by atoms with van der Waals surface area (Å²) in [6.45, 7) is -1.24. The third-order valence-corrected chi connectivity index (χ3v) is 10.2. The van der Waals surface area contributed by atoms with Crippen molar-refractivity contribution >= 4 is 34.4 Å². The van der Waals surface area contributed by atoms with Gasteiger partial charge in [-0.25, -0.2) is 13.0 Å². The van der Waals surface area contributed by atoms with Crippen molar-refractivity contribution in [2.75, 3.05) is 38.9 Å².